The average Bonchev–Trinajstić information content (AvgIpc) is 2.56. The normalized spacial score (nSPS) is 16.9. The van der Waals surface area contributed by atoms with Crippen molar-refractivity contribution in [1.82, 2.24) is 9.99 Å². The number of rotatable bonds is 5. The van der Waals surface area contributed by atoms with E-state index in [9.17, 15) is 0 Å². The van der Waals surface area contributed by atoms with Crippen LogP contribution in [0.4, 0.5) is 5.69 Å². The highest BCUT2D eigenvalue weighted by atomic mass is 35.5. The van der Waals surface area contributed by atoms with E-state index in [4.69, 9.17) is 11.6 Å². The summed E-state index contributed by atoms with van der Waals surface area (Å²) in [5.41, 5.74) is 2.00. The second-order valence-corrected chi connectivity index (χ2v) is 6.55. The fourth-order valence-electron chi connectivity index (χ4n) is 2.88. The van der Waals surface area contributed by atoms with Crippen molar-refractivity contribution in [2.24, 2.45) is 5.10 Å². The Morgan fingerprint density at radius 1 is 1.30 bits per heavy atom. The van der Waals surface area contributed by atoms with Gasteiger partial charge in [0.2, 0.25) is 0 Å². The van der Waals surface area contributed by atoms with Crippen molar-refractivity contribution in [3.8, 4) is 0 Å². The lowest BCUT2D eigenvalue weighted by atomic mass is 10.1. The topological polar surface area (TPSA) is 40.5 Å². The molecule has 1 saturated heterocycles. The zero-order chi connectivity index (χ0) is 16.1. The third kappa shape index (κ3) is 4.35. The number of hydrogen-bond acceptors (Lipinski definition) is 4. The Hall–Kier alpha value is -1.81. The first-order valence-electron chi connectivity index (χ1n) is 8.30. The molecule has 0 radical (unpaired) electrons. The number of fused-ring (bicyclic) bond motifs is 1. The first-order chi connectivity index (χ1) is 11.2. The molecule has 23 heavy (non-hydrogen) atoms. The number of piperidine rings is 1. The lowest BCUT2D eigenvalue weighted by molar-refractivity contribution is 0.240. The summed E-state index contributed by atoms with van der Waals surface area (Å²) in [5.74, 6) is 0. The van der Waals surface area contributed by atoms with Crippen LogP contribution in [0.25, 0.3) is 10.9 Å². The van der Waals surface area contributed by atoms with Crippen molar-refractivity contribution in [2.75, 3.05) is 18.4 Å². The van der Waals surface area contributed by atoms with E-state index >= 15 is 0 Å². The second kappa shape index (κ2) is 7.64. The summed E-state index contributed by atoms with van der Waals surface area (Å²) in [6.07, 6.45) is 8.60. The molecule has 0 amide bonds. The van der Waals surface area contributed by atoms with Gasteiger partial charge in [-0.3, -0.25) is 9.99 Å². The fraction of sp³-hybridized carbons (Fsp3) is 0.444. The maximum Gasteiger partial charge on any atom is 0.0737 e. The molecule has 5 heteroatoms. The molecule has 0 saturated carbocycles. The molecule has 1 aliphatic rings. The standard InChI is InChI=1S/C18H23ClN4/c1-14(7-10-21-23-11-3-2-4-12-23)22-17-8-9-20-18-13-15(19)5-6-16(17)18/h5-6,8-10,13-14H,2-4,7,11-12H2,1H3,(H,20,22)/b21-10+/t14-/m1/s1. The van der Waals surface area contributed by atoms with E-state index in [1.807, 2.05) is 36.7 Å². The van der Waals surface area contributed by atoms with Gasteiger partial charge in [-0.05, 0) is 50.5 Å². The van der Waals surface area contributed by atoms with Crippen LogP contribution >= 0.6 is 11.6 Å². The minimum absolute atomic E-state index is 0.310. The van der Waals surface area contributed by atoms with Crippen molar-refractivity contribution >= 4 is 34.4 Å². The zero-order valence-electron chi connectivity index (χ0n) is 13.5. The predicted molar refractivity (Wildman–Crippen MR) is 98.4 cm³/mol. The first-order valence-corrected chi connectivity index (χ1v) is 8.68. The third-order valence-corrected chi connectivity index (χ3v) is 4.38. The summed E-state index contributed by atoms with van der Waals surface area (Å²) < 4.78 is 0. The van der Waals surface area contributed by atoms with Gasteiger partial charge in [-0.15, -0.1) is 0 Å². The molecular formula is C18H23ClN4. The van der Waals surface area contributed by atoms with Crippen LogP contribution in [-0.2, 0) is 0 Å². The number of benzene rings is 1. The van der Waals surface area contributed by atoms with Gasteiger partial charge in [0.05, 0.1) is 5.52 Å². The van der Waals surface area contributed by atoms with Gasteiger partial charge in [0.1, 0.15) is 0 Å². The van der Waals surface area contributed by atoms with Crippen molar-refractivity contribution in [1.29, 1.82) is 0 Å². The Bertz CT molecular complexity index is 680. The fourth-order valence-corrected chi connectivity index (χ4v) is 3.05. The Morgan fingerprint density at radius 3 is 2.96 bits per heavy atom. The van der Waals surface area contributed by atoms with E-state index in [0.717, 1.165) is 36.1 Å². The molecule has 2 aromatic rings. The molecule has 2 heterocycles. The number of pyridine rings is 1. The minimum atomic E-state index is 0.310. The molecule has 1 N–H and O–H groups in total. The van der Waals surface area contributed by atoms with Crippen molar-refractivity contribution in [2.45, 2.75) is 38.6 Å². The molecule has 0 aliphatic carbocycles. The zero-order valence-corrected chi connectivity index (χ0v) is 14.3. The number of hydrazone groups is 1. The van der Waals surface area contributed by atoms with Crippen LogP contribution in [0.5, 0.6) is 0 Å². The molecule has 1 aromatic carbocycles. The van der Waals surface area contributed by atoms with E-state index in [1.54, 1.807) is 0 Å². The number of anilines is 1. The van der Waals surface area contributed by atoms with E-state index < -0.39 is 0 Å². The Labute approximate surface area is 142 Å². The summed E-state index contributed by atoms with van der Waals surface area (Å²) in [5, 5.41) is 12.1. The van der Waals surface area contributed by atoms with Crippen molar-refractivity contribution < 1.29 is 0 Å². The number of hydrogen-bond donors (Lipinski definition) is 1. The third-order valence-electron chi connectivity index (χ3n) is 4.14. The lowest BCUT2D eigenvalue weighted by Gasteiger charge is -2.23. The van der Waals surface area contributed by atoms with Crippen LogP contribution in [0.1, 0.15) is 32.6 Å². The van der Waals surface area contributed by atoms with Crippen LogP contribution in [0.2, 0.25) is 5.02 Å². The highest BCUT2D eigenvalue weighted by Gasteiger charge is 2.08. The molecule has 3 rings (SSSR count). The summed E-state index contributed by atoms with van der Waals surface area (Å²) in [4.78, 5) is 4.38. The largest absolute Gasteiger partial charge is 0.382 e. The van der Waals surface area contributed by atoms with E-state index in [1.165, 1.54) is 19.3 Å². The maximum absolute atomic E-state index is 6.04. The Balaban J connectivity index is 1.61. The highest BCUT2D eigenvalue weighted by molar-refractivity contribution is 6.31. The van der Waals surface area contributed by atoms with Crippen LogP contribution in [0.3, 0.4) is 0 Å². The van der Waals surface area contributed by atoms with Crippen molar-refractivity contribution in [3.63, 3.8) is 0 Å². The Kier molecular flexibility index (Phi) is 5.34. The first kappa shape index (κ1) is 16.1. The quantitative estimate of drug-likeness (QED) is 0.817. The monoisotopic (exact) mass is 330 g/mol. The number of aromatic nitrogens is 1. The molecule has 0 spiro atoms. The van der Waals surface area contributed by atoms with Gasteiger partial charge in [0, 0.05) is 54.1 Å². The summed E-state index contributed by atoms with van der Waals surface area (Å²) in [6.45, 7) is 4.35. The predicted octanol–water partition coefficient (Wildman–Crippen LogP) is 4.55. The molecule has 4 nitrogen and oxygen atoms in total. The summed E-state index contributed by atoms with van der Waals surface area (Å²) in [6, 6.07) is 8.13. The Morgan fingerprint density at radius 2 is 2.13 bits per heavy atom. The van der Waals surface area contributed by atoms with E-state index in [2.05, 4.69) is 27.3 Å². The average molecular weight is 331 g/mol. The molecule has 1 aliphatic heterocycles. The van der Waals surface area contributed by atoms with Gasteiger partial charge < -0.3 is 5.32 Å². The van der Waals surface area contributed by atoms with Gasteiger partial charge in [0.25, 0.3) is 0 Å². The van der Waals surface area contributed by atoms with E-state index in [0.29, 0.717) is 11.1 Å². The van der Waals surface area contributed by atoms with Gasteiger partial charge >= 0.3 is 0 Å². The number of nitrogens with one attached hydrogen (secondary N) is 1. The van der Waals surface area contributed by atoms with Gasteiger partial charge in [-0.2, -0.15) is 5.10 Å². The second-order valence-electron chi connectivity index (χ2n) is 6.11. The number of halogens is 1. The van der Waals surface area contributed by atoms with E-state index in [-0.39, 0.29) is 0 Å². The highest BCUT2D eigenvalue weighted by Crippen LogP contribution is 2.25. The van der Waals surface area contributed by atoms with Crippen molar-refractivity contribution in [3.05, 3.63) is 35.5 Å². The smallest absolute Gasteiger partial charge is 0.0737 e. The molecule has 0 unspecified atom stereocenters. The van der Waals surface area contributed by atoms with Crippen LogP contribution in [-0.4, -0.2) is 35.3 Å². The lowest BCUT2D eigenvalue weighted by Crippen LogP contribution is -2.25. The van der Waals surface area contributed by atoms with Gasteiger partial charge in [-0.25, -0.2) is 0 Å². The molecular weight excluding hydrogens is 308 g/mol. The minimum Gasteiger partial charge on any atom is -0.382 e. The molecule has 122 valence electrons. The molecule has 1 atom stereocenters. The van der Waals surface area contributed by atoms with Crippen LogP contribution < -0.4 is 5.32 Å². The number of nitrogens with zero attached hydrogens (tertiary/aromatic N) is 3. The van der Waals surface area contributed by atoms with Gasteiger partial charge in [-0.1, -0.05) is 11.6 Å². The molecule has 1 aromatic heterocycles. The summed E-state index contributed by atoms with van der Waals surface area (Å²) >= 11 is 6.04. The molecule has 0 bridgehead atoms. The summed E-state index contributed by atoms with van der Waals surface area (Å²) in [7, 11) is 0. The van der Waals surface area contributed by atoms with Crippen LogP contribution in [0, 0.1) is 0 Å². The maximum atomic E-state index is 6.04. The SMILES string of the molecule is C[C@H](C/C=N/N1CCCCC1)Nc1ccnc2cc(Cl)ccc12. The van der Waals surface area contributed by atoms with Gasteiger partial charge in [0.15, 0.2) is 0 Å². The van der Waals surface area contributed by atoms with Crippen LogP contribution in [0.15, 0.2) is 35.6 Å². The molecule has 1 fully saturated rings.